The first-order chi connectivity index (χ1) is 14.9. The normalized spacial score (nSPS) is 12.0. The van der Waals surface area contributed by atoms with Gasteiger partial charge in [-0.15, -0.1) is 0 Å². The smallest absolute Gasteiger partial charge is 0.334 e. The van der Waals surface area contributed by atoms with Crippen molar-refractivity contribution in [2.45, 2.75) is 25.2 Å². The third-order valence-electron chi connectivity index (χ3n) is 4.52. The van der Waals surface area contributed by atoms with Crippen LogP contribution in [0.5, 0.6) is 0 Å². The SMILES string of the molecule is CCOC(=O)C/C(=C\c1cn(S(=O)(=O)c2ccccc2)c2ccccc12)C(=O)OCC. The Morgan fingerprint density at radius 3 is 2.26 bits per heavy atom. The third kappa shape index (κ3) is 4.86. The summed E-state index contributed by atoms with van der Waals surface area (Å²) in [5.41, 5.74) is 1.01. The number of carbonyl (C=O) groups excluding carboxylic acids is 2. The maximum atomic E-state index is 13.2. The Hall–Kier alpha value is -3.39. The van der Waals surface area contributed by atoms with Gasteiger partial charge in [0.25, 0.3) is 10.0 Å². The highest BCUT2D eigenvalue weighted by Gasteiger charge is 2.22. The molecule has 0 aliphatic heterocycles. The summed E-state index contributed by atoms with van der Waals surface area (Å²) in [6.07, 6.45) is 2.64. The Morgan fingerprint density at radius 1 is 0.935 bits per heavy atom. The summed E-state index contributed by atoms with van der Waals surface area (Å²) in [5.74, 6) is -1.22. The van der Waals surface area contributed by atoms with E-state index in [1.807, 2.05) is 0 Å². The van der Waals surface area contributed by atoms with Crippen molar-refractivity contribution in [2.24, 2.45) is 0 Å². The second-order valence-electron chi connectivity index (χ2n) is 6.59. The predicted molar refractivity (Wildman–Crippen MR) is 117 cm³/mol. The van der Waals surface area contributed by atoms with E-state index in [0.717, 1.165) is 0 Å². The van der Waals surface area contributed by atoms with Gasteiger partial charge < -0.3 is 9.47 Å². The topological polar surface area (TPSA) is 91.7 Å². The highest BCUT2D eigenvalue weighted by Crippen LogP contribution is 2.28. The first kappa shape index (κ1) is 22.3. The molecule has 0 aliphatic carbocycles. The van der Waals surface area contributed by atoms with Crippen molar-refractivity contribution in [1.29, 1.82) is 0 Å². The summed E-state index contributed by atoms with van der Waals surface area (Å²) in [4.78, 5) is 24.6. The minimum Gasteiger partial charge on any atom is -0.466 e. The van der Waals surface area contributed by atoms with Crippen LogP contribution in [0.4, 0.5) is 0 Å². The average molecular weight is 442 g/mol. The number of carbonyl (C=O) groups is 2. The van der Waals surface area contributed by atoms with Crippen molar-refractivity contribution in [3.63, 3.8) is 0 Å². The van der Waals surface area contributed by atoms with Gasteiger partial charge in [-0.1, -0.05) is 36.4 Å². The molecule has 162 valence electrons. The van der Waals surface area contributed by atoms with Gasteiger partial charge in [0.05, 0.1) is 30.0 Å². The van der Waals surface area contributed by atoms with Crippen molar-refractivity contribution in [3.05, 3.63) is 71.9 Å². The van der Waals surface area contributed by atoms with Crippen molar-refractivity contribution in [2.75, 3.05) is 13.2 Å². The van der Waals surface area contributed by atoms with Gasteiger partial charge in [-0.3, -0.25) is 4.79 Å². The van der Waals surface area contributed by atoms with E-state index in [2.05, 4.69) is 0 Å². The number of aromatic nitrogens is 1. The van der Waals surface area contributed by atoms with Crippen LogP contribution in [0, 0.1) is 0 Å². The van der Waals surface area contributed by atoms with Gasteiger partial charge in [0.1, 0.15) is 0 Å². The van der Waals surface area contributed by atoms with E-state index in [4.69, 9.17) is 9.47 Å². The molecule has 7 nitrogen and oxygen atoms in total. The van der Waals surface area contributed by atoms with Crippen LogP contribution in [-0.4, -0.2) is 37.5 Å². The molecule has 1 aromatic heterocycles. The molecule has 1 heterocycles. The lowest BCUT2D eigenvalue weighted by atomic mass is 10.1. The molecule has 0 bridgehead atoms. The van der Waals surface area contributed by atoms with Crippen LogP contribution in [0.2, 0.25) is 0 Å². The zero-order valence-corrected chi connectivity index (χ0v) is 18.1. The minimum atomic E-state index is -3.86. The van der Waals surface area contributed by atoms with Crippen molar-refractivity contribution < 1.29 is 27.5 Å². The second kappa shape index (κ2) is 9.61. The molecular weight excluding hydrogens is 418 g/mol. The van der Waals surface area contributed by atoms with E-state index >= 15 is 0 Å². The molecule has 0 spiro atoms. The Kier molecular flexibility index (Phi) is 6.91. The Morgan fingerprint density at radius 2 is 1.58 bits per heavy atom. The number of hydrogen-bond donors (Lipinski definition) is 0. The summed E-state index contributed by atoms with van der Waals surface area (Å²) in [7, 11) is -3.86. The molecule has 31 heavy (non-hydrogen) atoms. The quantitative estimate of drug-likeness (QED) is 0.390. The summed E-state index contributed by atoms with van der Waals surface area (Å²) < 4.78 is 37.6. The fraction of sp³-hybridized carbons (Fsp3) is 0.217. The number of ether oxygens (including phenoxy) is 2. The molecule has 0 atom stereocenters. The Labute approximate surface area is 180 Å². The lowest BCUT2D eigenvalue weighted by molar-refractivity contribution is -0.145. The molecule has 0 N–H and O–H groups in total. The van der Waals surface area contributed by atoms with Gasteiger partial charge in [-0.05, 0) is 38.1 Å². The highest BCUT2D eigenvalue weighted by atomic mass is 32.2. The molecule has 0 radical (unpaired) electrons. The van der Waals surface area contributed by atoms with E-state index in [-0.39, 0.29) is 30.1 Å². The summed E-state index contributed by atoms with van der Waals surface area (Å²) in [5, 5.41) is 0.618. The van der Waals surface area contributed by atoms with Crippen LogP contribution in [0.15, 0.2) is 71.3 Å². The number of para-hydroxylation sites is 1. The number of nitrogens with zero attached hydrogens (tertiary/aromatic N) is 1. The molecule has 3 aromatic rings. The maximum Gasteiger partial charge on any atom is 0.334 e. The number of hydrogen-bond acceptors (Lipinski definition) is 6. The van der Waals surface area contributed by atoms with Crippen LogP contribution in [0.3, 0.4) is 0 Å². The average Bonchev–Trinajstić information content (AvgIpc) is 3.13. The summed E-state index contributed by atoms with van der Waals surface area (Å²) >= 11 is 0. The van der Waals surface area contributed by atoms with E-state index in [0.29, 0.717) is 16.5 Å². The first-order valence-electron chi connectivity index (χ1n) is 9.82. The molecule has 0 saturated heterocycles. The number of rotatable bonds is 8. The number of esters is 2. The van der Waals surface area contributed by atoms with Crippen LogP contribution in [-0.2, 0) is 29.1 Å². The van der Waals surface area contributed by atoms with E-state index in [1.54, 1.807) is 56.3 Å². The molecular formula is C23H23NO6S. The molecule has 2 aromatic carbocycles. The Balaban J connectivity index is 2.15. The van der Waals surface area contributed by atoms with Gasteiger partial charge >= 0.3 is 11.9 Å². The molecule has 0 unspecified atom stereocenters. The summed E-state index contributed by atoms with van der Waals surface area (Å²) in [6, 6.07) is 15.0. The van der Waals surface area contributed by atoms with Gasteiger partial charge in [0.2, 0.25) is 0 Å². The zero-order chi connectivity index (χ0) is 22.4. The fourth-order valence-electron chi connectivity index (χ4n) is 3.16. The number of benzene rings is 2. The van der Waals surface area contributed by atoms with Gasteiger partial charge in [0.15, 0.2) is 0 Å². The van der Waals surface area contributed by atoms with E-state index < -0.39 is 22.0 Å². The standard InChI is InChI=1S/C23H23NO6S/c1-3-29-22(25)15-17(23(26)30-4-2)14-18-16-24(21-13-9-8-12-20(18)21)31(27,28)19-10-6-5-7-11-19/h5-14,16H,3-4,15H2,1-2H3/b17-14+. The lowest BCUT2D eigenvalue weighted by Crippen LogP contribution is -2.13. The van der Waals surface area contributed by atoms with E-state index in [9.17, 15) is 18.0 Å². The van der Waals surface area contributed by atoms with E-state index in [1.165, 1.54) is 28.4 Å². The maximum absolute atomic E-state index is 13.2. The summed E-state index contributed by atoms with van der Waals surface area (Å²) in [6.45, 7) is 3.67. The largest absolute Gasteiger partial charge is 0.466 e. The Bertz CT molecular complexity index is 1230. The fourth-order valence-corrected chi connectivity index (χ4v) is 4.56. The van der Waals surface area contributed by atoms with Crippen LogP contribution in [0.25, 0.3) is 17.0 Å². The van der Waals surface area contributed by atoms with Crippen molar-refractivity contribution in [1.82, 2.24) is 3.97 Å². The first-order valence-corrected chi connectivity index (χ1v) is 11.3. The molecule has 3 rings (SSSR count). The minimum absolute atomic E-state index is 0.0836. The molecule has 8 heteroatoms. The molecule has 0 saturated carbocycles. The van der Waals surface area contributed by atoms with Crippen molar-refractivity contribution in [3.8, 4) is 0 Å². The number of fused-ring (bicyclic) bond motifs is 1. The predicted octanol–water partition coefficient (Wildman–Crippen LogP) is 3.78. The third-order valence-corrected chi connectivity index (χ3v) is 6.20. The van der Waals surface area contributed by atoms with Crippen LogP contribution >= 0.6 is 0 Å². The van der Waals surface area contributed by atoms with Crippen molar-refractivity contribution >= 4 is 38.9 Å². The van der Waals surface area contributed by atoms with Gasteiger partial charge in [0, 0.05) is 22.7 Å². The van der Waals surface area contributed by atoms with Gasteiger partial charge in [-0.25, -0.2) is 17.2 Å². The monoisotopic (exact) mass is 441 g/mol. The highest BCUT2D eigenvalue weighted by molar-refractivity contribution is 7.90. The van der Waals surface area contributed by atoms with Crippen LogP contribution in [0.1, 0.15) is 25.8 Å². The molecule has 0 aliphatic rings. The van der Waals surface area contributed by atoms with Gasteiger partial charge in [-0.2, -0.15) is 0 Å². The van der Waals surface area contributed by atoms with Crippen LogP contribution < -0.4 is 0 Å². The molecule has 0 amide bonds. The zero-order valence-electron chi connectivity index (χ0n) is 17.3. The molecule has 0 fully saturated rings. The lowest BCUT2D eigenvalue weighted by Gasteiger charge is -2.07. The second-order valence-corrected chi connectivity index (χ2v) is 8.40.